The number of halogens is 2. The second-order valence-electron chi connectivity index (χ2n) is 6.85. The van der Waals surface area contributed by atoms with Gasteiger partial charge in [0.25, 0.3) is 5.91 Å². The van der Waals surface area contributed by atoms with Gasteiger partial charge in [-0.2, -0.15) is 0 Å². The van der Waals surface area contributed by atoms with Crippen LogP contribution in [-0.4, -0.2) is 42.3 Å². The van der Waals surface area contributed by atoms with Crippen molar-refractivity contribution in [2.45, 2.75) is 12.8 Å². The van der Waals surface area contributed by atoms with Gasteiger partial charge >= 0.3 is 0 Å². The molecule has 2 aromatic rings. The van der Waals surface area contributed by atoms with Crippen molar-refractivity contribution in [3.05, 3.63) is 64.9 Å². The van der Waals surface area contributed by atoms with E-state index >= 15 is 0 Å². The van der Waals surface area contributed by atoms with E-state index in [4.69, 9.17) is 11.6 Å². The zero-order valence-electron chi connectivity index (χ0n) is 15.7. The van der Waals surface area contributed by atoms with Crippen LogP contribution in [0.5, 0.6) is 0 Å². The summed E-state index contributed by atoms with van der Waals surface area (Å²) >= 11 is 5.80. The molecule has 0 radical (unpaired) electrons. The molecule has 1 fully saturated rings. The van der Waals surface area contributed by atoms with E-state index in [1.807, 2.05) is 0 Å². The number of hydrogen-bond acceptors (Lipinski definition) is 3. The Labute approximate surface area is 173 Å². The molecule has 29 heavy (non-hydrogen) atoms. The van der Waals surface area contributed by atoms with Gasteiger partial charge in [-0.15, -0.1) is 0 Å². The number of carbonyl (C=O) groups is 3. The van der Waals surface area contributed by atoms with Crippen molar-refractivity contribution in [2.24, 2.45) is 5.92 Å². The highest BCUT2D eigenvalue weighted by Crippen LogP contribution is 2.19. The molecule has 0 spiro atoms. The molecule has 1 saturated heterocycles. The molecule has 3 rings (SSSR count). The van der Waals surface area contributed by atoms with Gasteiger partial charge in [0.05, 0.1) is 6.54 Å². The highest BCUT2D eigenvalue weighted by Gasteiger charge is 2.28. The van der Waals surface area contributed by atoms with Gasteiger partial charge in [0, 0.05) is 35.3 Å². The molecular formula is C21H21ClFN3O3. The first kappa shape index (κ1) is 20.8. The first-order chi connectivity index (χ1) is 13.9. The molecule has 3 amide bonds. The van der Waals surface area contributed by atoms with E-state index in [2.05, 4.69) is 10.6 Å². The monoisotopic (exact) mass is 417 g/mol. The lowest BCUT2D eigenvalue weighted by atomic mass is 9.95. The third-order valence-corrected chi connectivity index (χ3v) is 5.05. The summed E-state index contributed by atoms with van der Waals surface area (Å²) in [6.45, 7) is 0.743. The Morgan fingerprint density at radius 2 is 1.62 bits per heavy atom. The zero-order valence-corrected chi connectivity index (χ0v) is 16.4. The molecule has 6 nitrogen and oxygen atoms in total. The van der Waals surface area contributed by atoms with E-state index in [1.54, 1.807) is 29.2 Å². The lowest BCUT2D eigenvalue weighted by Crippen LogP contribution is -2.44. The molecule has 152 valence electrons. The molecule has 1 heterocycles. The number of nitrogens with one attached hydrogen (secondary N) is 2. The van der Waals surface area contributed by atoms with Crippen molar-refractivity contribution >= 4 is 35.0 Å². The minimum absolute atomic E-state index is 0.129. The van der Waals surface area contributed by atoms with Gasteiger partial charge in [-0.05, 0) is 61.4 Å². The van der Waals surface area contributed by atoms with E-state index < -0.39 is 5.82 Å². The molecule has 0 bridgehead atoms. The molecule has 2 N–H and O–H groups in total. The summed E-state index contributed by atoms with van der Waals surface area (Å²) in [4.78, 5) is 38.4. The van der Waals surface area contributed by atoms with E-state index in [0.717, 1.165) is 0 Å². The van der Waals surface area contributed by atoms with Crippen LogP contribution in [0.3, 0.4) is 0 Å². The first-order valence-corrected chi connectivity index (χ1v) is 9.68. The van der Waals surface area contributed by atoms with Crippen LogP contribution in [0.15, 0.2) is 48.5 Å². The molecule has 0 unspecified atom stereocenters. The number of anilines is 1. The second kappa shape index (κ2) is 9.52. The van der Waals surface area contributed by atoms with Crippen molar-refractivity contribution < 1.29 is 18.8 Å². The first-order valence-electron chi connectivity index (χ1n) is 9.30. The summed E-state index contributed by atoms with van der Waals surface area (Å²) in [6, 6.07) is 12.1. The van der Waals surface area contributed by atoms with Crippen LogP contribution in [0, 0.1) is 11.7 Å². The maximum absolute atomic E-state index is 13.0. The number of rotatable bonds is 5. The number of likely N-dealkylation sites (tertiary alicyclic amines) is 1. The van der Waals surface area contributed by atoms with Gasteiger partial charge in [-0.25, -0.2) is 4.39 Å². The van der Waals surface area contributed by atoms with Gasteiger partial charge in [0.1, 0.15) is 5.82 Å². The number of piperidine rings is 1. The maximum atomic E-state index is 13.0. The lowest BCUT2D eigenvalue weighted by molar-refractivity contribution is -0.128. The van der Waals surface area contributed by atoms with Crippen LogP contribution in [-0.2, 0) is 9.59 Å². The minimum atomic E-state index is -0.392. The molecule has 1 aliphatic rings. The Morgan fingerprint density at radius 1 is 1.00 bits per heavy atom. The van der Waals surface area contributed by atoms with Gasteiger partial charge in [0.2, 0.25) is 11.8 Å². The second-order valence-corrected chi connectivity index (χ2v) is 7.28. The molecule has 0 aromatic heterocycles. The summed E-state index contributed by atoms with van der Waals surface area (Å²) in [5.74, 6) is -1.35. The Balaban J connectivity index is 1.42. The van der Waals surface area contributed by atoms with Crippen molar-refractivity contribution in [1.82, 2.24) is 10.2 Å². The van der Waals surface area contributed by atoms with Crippen LogP contribution >= 0.6 is 11.6 Å². The molecule has 0 aliphatic carbocycles. The predicted molar refractivity (Wildman–Crippen MR) is 108 cm³/mol. The zero-order chi connectivity index (χ0) is 20.8. The standard InChI is InChI=1S/C21H21ClFN3O3/c22-16-3-7-18(8-4-16)25-19(27)13-24-20(28)14-9-11-26(12-10-14)21(29)15-1-5-17(23)6-2-15/h1-8,14H,9-13H2,(H,24,28)(H,25,27). The highest BCUT2D eigenvalue weighted by atomic mass is 35.5. The van der Waals surface area contributed by atoms with Crippen molar-refractivity contribution in [3.63, 3.8) is 0 Å². The quantitative estimate of drug-likeness (QED) is 0.784. The molecule has 1 aliphatic heterocycles. The summed E-state index contributed by atoms with van der Waals surface area (Å²) in [6.07, 6.45) is 1.02. The van der Waals surface area contributed by atoms with Crippen LogP contribution < -0.4 is 10.6 Å². The summed E-state index contributed by atoms with van der Waals surface area (Å²) in [5.41, 5.74) is 1.02. The molecule has 8 heteroatoms. The van der Waals surface area contributed by atoms with Crippen molar-refractivity contribution in [2.75, 3.05) is 25.0 Å². The van der Waals surface area contributed by atoms with Gasteiger partial charge in [-0.1, -0.05) is 11.6 Å². The molecule has 2 aromatic carbocycles. The SMILES string of the molecule is O=C(CNC(=O)C1CCN(C(=O)c2ccc(F)cc2)CC1)Nc1ccc(Cl)cc1. The van der Waals surface area contributed by atoms with E-state index in [1.165, 1.54) is 24.3 Å². The van der Waals surface area contributed by atoms with Crippen LogP contribution in [0.1, 0.15) is 23.2 Å². The third kappa shape index (κ3) is 5.77. The van der Waals surface area contributed by atoms with Gasteiger partial charge in [0.15, 0.2) is 0 Å². The Hall–Kier alpha value is -2.93. The summed E-state index contributed by atoms with van der Waals surface area (Å²) in [5, 5.41) is 5.89. The third-order valence-electron chi connectivity index (χ3n) is 4.80. The van der Waals surface area contributed by atoms with E-state index in [9.17, 15) is 18.8 Å². The minimum Gasteiger partial charge on any atom is -0.347 e. The van der Waals surface area contributed by atoms with E-state index in [-0.39, 0.29) is 30.2 Å². The van der Waals surface area contributed by atoms with Gasteiger partial charge < -0.3 is 15.5 Å². The molecular weight excluding hydrogens is 397 g/mol. The molecule has 0 saturated carbocycles. The fourth-order valence-corrected chi connectivity index (χ4v) is 3.30. The Bertz CT molecular complexity index is 879. The molecule has 0 atom stereocenters. The average molecular weight is 418 g/mol. The average Bonchev–Trinajstić information content (AvgIpc) is 2.74. The van der Waals surface area contributed by atoms with Crippen LogP contribution in [0.25, 0.3) is 0 Å². The van der Waals surface area contributed by atoms with Crippen LogP contribution in [0.4, 0.5) is 10.1 Å². The van der Waals surface area contributed by atoms with Gasteiger partial charge in [-0.3, -0.25) is 14.4 Å². The normalized spacial score (nSPS) is 14.3. The number of nitrogens with zero attached hydrogens (tertiary/aromatic N) is 1. The number of amides is 3. The highest BCUT2D eigenvalue weighted by molar-refractivity contribution is 6.30. The largest absolute Gasteiger partial charge is 0.347 e. The number of benzene rings is 2. The topological polar surface area (TPSA) is 78.5 Å². The van der Waals surface area contributed by atoms with Crippen molar-refractivity contribution in [3.8, 4) is 0 Å². The van der Waals surface area contributed by atoms with Crippen LogP contribution in [0.2, 0.25) is 5.02 Å². The summed E-state index contributed by atoms with van der Waals surface area (Å²) in [7, 11) is 0. The predicted octanol–water partition coefficient (Wildman–Crippen LogP) is 3.09. The van der Waals surface area contributed by atoms with E-state index in [0.29, 0.717) is 42.2 Å². The fourth-order valence-electron chi connectivity index (χ4n) is 3.17. The number of carbonyl (C=O) groups excluding carboxylic acids is 3. The Kier molecular flexibility index (Phi) is 6.82. The Morgan fingerprint density at radius 3 is 2.24 bits per heavy atom. The number of hydrogen-bond donors (Lipinski definition) is 2. The lowest BCUT2D eigenvalue weighted by Gasteiger charge is -2.31. The fraction of sp³-hybridized carbons (Fsp3) is 0.286. The maximum Gasteiger partial charge on any atom is 0.253 e. The summed E-state index contributed by atoms with van der Waals surface area (Å²) < 4.78 is 13.0. The smallest absolute Gasteiger partial charge is 0.253 e. The van der Waals surface area contributed by atoms with Crippen molar-refractivity contribution in [1.29, 1.82) is 0 Å².